The molecule has 1 saturated heterocycles. The predicted octanol–water partition coefficient (Wildman–Crippen LogP) is 3.93. The van der Waals surface area contributed by atoms with Crippen LogP contribution in [0, 0.1) is 5.82 Å². The van der Waals surface area contributed by atoms with Crippen LogP contribution in [-0.4, -0.2) is 40.7 Å². The quantitative estimate of drug-likeness (QED) is 0.796. The van der Waals surface area contributed by atoms with Crippen molar-refractivity contribution in [1.29, 1.82) is 0 Å². The standard InChI is InChI=1S/C20H23FN2O2S/c1-2-22(14-15-7-5-8-16(21)13-15)19(24)17-9-3-4-11-23(17)20(25)18-10-6-12-26-18/h5-8,10,12-13,17H,2-4,9,11,14H2,1H3. The second-order valence-electron chi connectivity index (χ2n) is 6.47. The Morgan fingerprint density at radius 3 is 2.81 bits per heavy atom. The molecule has 0 bridgehead atoms. The number of carbonyl (C=O) groups is 2. The normalized spacial score (nSPS) is 17.2. The van der Waals surface area contributed by atoms with E-state index in [1.165, 1.54) is 23.5 Å². The van der Waals surface area contributed by atoms with E-state index in [2.05, 4.69) is 0 Å². The van der Waals surface area contributed by atoms with Crippen molar-refractivity contribution in [2.75, 3.05) is 13.1 Å². The molecule has 1 aliphatic rings. The smallest absolute Gasteiger partial charge is 0.264 e. The van der Waals surface area contributed by atoms with Gasteiger partial charge in [-0.15, -0.1) is 11.3 Å². The van der Waals surface area contributed by atoms with E-state index in [0.717, 1.165) is 18.4 Å². The zero-order valence-electron chi connectivity index (χ0n) is 14.9. The number of thiophene rings is 1. The van der Waals surface area contributed by atoms with Gasteiger partial charge in [0.25, 0.3) is 5.91 Å². The first-order chi connectivity index (χ1) is 12.6. The Morgan fingerprint density at radius 1 is 1.27 bits per heavy atom. The summed E-state index contributed by atoms with van der Waals surface area (Å²) in [6, 6.07) is 9.51. The van der Waals surface area contributed by atoms with Crippen LogP contribution in [0.3, 0.4) is 0 Å². The number of hydrogen-bond donors (Lipinski definition) is 0. The molecule has 1 aromatic carbocycles. The van der Waals surface area contributed by atoms with Gasteiger partial charge < -0.3 is 9.80 Å². The first-order valence-corrected chi connectivity index (χ1v) is 9.86. The maximum Gasteiger partial charge on any atom is 0.264 e. The molecule has 0 radical (unpaired) electrons. The lowest BCUT2D eigenvalue weighted by molar-refractivity contribution is -0.137. The number of piperidine rings is 1. The van der Waals surface area contributed by atoms with Gasteiger partial charge in [-0.3, -0.25) is 9.59 Å². The van der Waals surface area contributed by atoms with Crippen molar-refractivity contribution >= 4 is 23.2 Å². The maximum atomic E-state index is 13.4. The maximum absolute atomic E-state index is 13.4. The number of carbonyl (C=O) groups excluding carboxylic acids is 2. The zero-order chi connectivity index (χ0) is 18.5. The third-order valence-corrected chi connectivity index (χ3v) is 5.59. The highest BCUT2D eigenvalue weighted by atomic mass is 32.1. The molecular weight excluding hydrogens is 351 g/mol. The van der Waals surface area contributed by atoms with E-state index in [1.807, 2.05) is 24.4 Å². The fourth-order valence-electron chi connectivity index (χ4n) is 3.39. The molecule has 6 heteroatoms. The minimum Gasteiger partial charge on any atom is -0.337 e. The van der Waals surface area contributed by atoms with E-state index < -0.39 is 6.04 Å². The number of rotatable bonds is 5. The summed E-state index contributed by atoms with van der Waals surface area (Å²) in [6.45, 7) is 3.38. The van der Waals surface area contributed by atoms with E-state index in [4.69, 9.17) is 0 Å². The molecular formula is C20H23FN2O2S. The monoisotopic (exact) mass is 374 g/mol. The van der Waals surface area contributed by atoms with Gasteiger partial charge in [0, 0.05) is 19.6 Å². The fourth-order valence-corrected chi connectivity index (χ4v) is 4.06. The van der Waals surface area contributed by atoms with Gasteiger partial charge in [0.1, 0.15) is 11.9 Å². The van der Waals surface area contributed by atoms with E-state index >= 15 is 0 Å². The molecule has 1 aromatic heterocycles. The summed E-state index contributed by atoms with van der Waals surface area (Å²) < 4.78 is 13.4. The molecule has 0 saturated carbocycles. The van der Waals surface area contributed by atoms with Gasteiger partial charge in [0.15, 0.2) is 0 Å². The average Bonchev–Trinajstić information content (AvgIpc) is 3.20. The Morgan fingerprint density at radius 2 is 2.12 bits per heavy atom. The molecule has 1 atom stereocenters. The summed E-state index contributed by atoms with van der Waals surface area (Å²) in [5.74, 6) is -0.431. The Balaban J connectivity index is 1.77. The van der Waals surface area contributed by atoms with Crippen LogP contribution in [0.4, 0.5) is 4.39 Å². The summed E-state index contributed by atoms with van der Waals surface area (Å²) in [7, 11) is 0. The first kappa shape index (κ1) is 18.6. The molecule has 2 aromatic rings. The van der Waals surface area contributed by atoms with Crippen LogP contribution in [0.15, 0.2) is 41.8 Å². The number of benzene rings is 1. The van der Waals surface area contributed by atoms with E-state index in [-0.39, 0.29) is 17.6 Å². The highest BCUT2D eigenvalue weighted by molar-refractivity contribution is 7.12. The highest BCUT2D eigenvalue weighted by Gasteiger charge is 2.35. The van der Waals surface area contributed by atoms with Crippen molar-refractivity contribution in [3.63, 3.8) is 0 Å². The molecule has 0 N–H and O–H groups in total. The van der Waals surface area contributed by atoms with Crippen molar-refractivity contribution in [3.05, 3.63) is 58.0 Å². The minimum atomic E-state index is -0.438. The van der Waals surface area contributed by atoms with Crippen LogP contribution in [0.5, 0.6) is 0 Å². The fraction of sp³-hybridized carbons (Fsp3) is 0.400. The number of nitrogens with zero attached hydrogens (tertiary/aromatic N) is 2. The van der Waals surface area contributed by atoms with Gasteiger partial charge in [-0.05, 0) is 55.3 Å². The van der Waals surface area contributed by atoms with E-state index in [0.29, 0.717) is 30.9 Å². The first-order valence-electron chi connectivity index (χ1n) is 8.98. The van der Waals surface area contributed by atoms with Crippen molar-refractivity contribution in [2.45, 2.75) is 38.8 Å². The third-order valence-electron chi connectivity index (χ3n) is 4.74. The van der Waals surface area contributed by atoms with Crippen LogP contribution < -0.4 is 0 Å². The Bertz CT molecular complexity index is 763. The van der Waals surface area contributed by atoms with Crippen LogP contribution in [0.25, 0.3) is 0 Å². The molecule has 1 aliphatic heterocycles. The van der Waals surface area contributed by atoms with Gasteiger partial charge >= 0.3 is 0 Å². The number of likely N-dealkylation sites (tertiary alicyclic amines) is 1. The van der Waals surface area contributed by atoms with Crippen LogP contribution in [0.2, 0.25) is 0 Å². The molecule has 1 unspecified atom stereocenters. The molecule has 2 amide bonds. The second-order valence-corrected chi connectivity index (χ2v) is 7.42. The van der Waals surface area contributed by atoms with Gasteiger partial charge in [-0.25, -0.2) is 4.39 Å². The second kappa shape index (κ2) is 8.45. The number of amides is 2. The SMILES string of the molecule is CCN(Cc1cccc(F)c1)C(=O)C1CCCCN1C(=O)c1cccs1. The topological polar surface area (TPSA) is 40.6 Å². The molecule has 3 rings (SSSR count). The van der Waals surface area contributed by atoms with Crippen LogP contribution in [-0.2, 0) is 11.3 Å². The zero-order valence-corrected chi connectivity index (χ0v) is 15.7. The van der Waals surface area contributed by atoms with Crippen molar-refractivity contribution in [3.8, 4) is 0 Å². The van der Waals surface area contributed by atoms with Gasteiger partial charge in [-0.2, -0.15) is 0 Å². The Kier molecular flexibility index (Phi) is 6.04. The van der Waals surface area contributed by atoms with Crippen LogP contribution in [0.1, 0.15) is 41.4 Å². The Labute approximate surface area is 157 Å². The summed E-state index contributed by atoms with van der Waals surface area (Å²) in [5.41, 5.74) is 0.757. The summed E-state index contributed by atoms with van der Waals surface area (Å²) >= 11 is 1.40. The molecule has 2 heterocycles. The van der Waals surface area contributed by atoms with Crippen molar-refractivity contribution in [1.82, 2.24) is 9.80 Å². The highest BCUT2D eigenvalue weighted by Crippen LogP contribution is 2.24. The number of likely N-dealkylation sites (N-methyl/N-ethyl adjacent to an activating group) is 1. The molecule has 1 fully saturated rings. The molecule has 138 valence electrons. The molecule has 26 heavy (non-hydrogen) atoms. The van der Waals surface area contributed by atoms with Crippen molar-refractivity contribution < 1.29 is 14.0 Å². The van der Waals surface area contributed by atoms with E-state index in [1.54, 1.807) is 21.9 Å². The summed E-state index contributed by atoms with van der Waals surface area (Å²) in [4.78, 5) is 30.0. The van der Waals surface area contributed by atoms with Crippen molar-refractivity contribution in [2.24, 2.45) is 0 Å². The average molecular weight is 374 g/mol. The molecule has 0 aliphatic carbocycles. The molecule has 4 nitrogen and oxygen atoms in total. The predicted molar refractivity (Wildman–Crippen MR) is 100 cm³/mol. The largest absolute Gasteiger partial charge is 0.337 e. The minimum absolute atomic E-state index is 0.0543. The lowest BCUT2D eigenvalue weighted by Gasteiger charge is -2.37. The number of halogens is 1. The molecule has 0 spiro atoms. The summed E-state index contributed by atoms with van der Waals surface area (Å²) in [6.07, 6.45) is 2.52. The lowest BCUT2D eigenvalue weighted by atomic mass is 10.00. The Hall–Kier alpha value is -2.21. The van der Waals surface area contributed by atoms with Gasteiger partial charge in [0.2, 0.25) is 5.91 Å². The number of hydrogen-bond acceptors (Lipinski definition) is 3. The lowest BCUT2D eigenvalue weighted by Crippen LogP contribution is -2.52. The van der Waals surface area contributed by atoms with Gasteiger partial charge in [0.05, 0.1) is 4.88 Å². The van der Waals surface area contributed by atoms with E-state index in [9.17, 15) is 14.0 Å². The van der Waals surface area contributed by atoms with Crippen LogP contribution >= 0.6 is 11.3 Å². The third kappa shape index (κ3) is 4.12. The van der Waals surface area contributed by atoms with Gasteiger partial charge in [-0.1, -0.05) is 18.2 Å². The summed E-state index contributed by atoms with van der Waals surface area (Å²) in [5, 5.41) is 1.87.